The van der Waals surface area contributed by atoms with Gasteiger partial charge in [-0.15, -0.1) is 0 Å². The lowest BCUT2D eigenvalue weighted by atomic mass is 9.86. The number of nitrogens with one attached hydrogen (secondary N) is 2. The van der Waals surface area contributed by atoms with Crippen LogP contribution in [0.4, 0.5) is 0 Å². The van der Waals surface area contributed by atoms with Crippen molar-refractivity contribution < 1.29 is 4.79 Å². The molecule has 1 unspecified atom stereocenters. The molecule has 2 aliphatic heterocycles. The van der Waals surface area contributed by atoms with Crippen molar-refractivity contribution in [2.24, 2.45) is 4.99 Å². The highest BCUT2D eigenvalue weighted by Gasteiger charge is 2.45. The van der Waals surface area contributed by atoms with Gasteiger partial charge < -0.3 is 20.1 Å². The molecule has 0 saturated carbocycles. The first-order valence-corrected chi connectivity index (χ1v) is 9.07. The van der Waals surface area contributed by atoms with Gasteiger partial charge in [-0.1, -0.05) is 0 Å². The van der Waals surface area contributed by atoms with Crippen molar-refractivity contribution in [3.8, 4) is 0 Å². The van der Waals surface area contributed by atoms with Crippen LogP contribution in [0.2, 0.25) is 0 Å². The number of carbonyl (C=O) groups excluding carboxylic acids is 1. The summed E-state index contributed by atoms with van der Waals surface area (Å²) in [7, 11) is 1.95. The van der Waals surface area contributed by atoms with E-state index in [1.165, 1.54) is 17.7 Å². The van der Waals surface area contributed by atoms with Crippen LogP contribution in [0, 0.1) is 0 Å². The van der Waals surface area contributed by atoms with Gasteiger partial charge in [0.15, 0.2) is 0 Å². The molecule has 1 aromatic rings. The third kappa shape index (κ3) is 3.07. The number of aromatic amines is 1. The summed E-state index contributed by atoms with van der Waals surface area (Å²) in [5.74, 6) is 1.07. The Morgan fingerprint density at radius 1 is 1.42 bits per heavy atom. The summed E-state index contributed by atoms with van der Waals surface area (Å²) in [5.41, 5.74) is 2.35. The van der Waals surface area contributed by atoms with E-state index in [2.05, 4.69) is 28.2 Å². The summed E-state index contributed by atoms with van der Waals surface area (Å²) in [6.45, 7) is 6.40. The van der Waals surface area contributed by atoms with Crippen molar-refractivity contribution in [3.63, 3.8) is 0 Å². The second-order valence-corrected chi connectivity index (χ2v) is 6.85. The van der Waals surface area contributed by atoms with Gasteiger partial charge in [0.1, 0.15) is 5.84 Å². The number of H-pyrrole nitrogens is 1. The molecule has 3 rings (SSSR count). The molecular weight excluding hydrogens is 302 g/mol. The average molecular weight is 331 g/mol. The first kappa shape index (κ1) is 17.0. The number of aliphatic imine (C=N–C) groups is 1. The minimum Gasteiger partial charge on any atom is -0.363 e. The molecule has 2 fully saturated rings. The zero-order chi connectivity index (χ0) is 17.0. The van der Waals surface area contributed by atoms with Crippen molar-refractivity contribution in [2.75, 3.05) is 33.2 Å². The quantitative estimate of drug-likeness (QED) is 0.489. The fourth-order valence-corrected chi connectivity index (χ4v) is 4.20. The summed E-state index contributed by atoms with van der Waals surface area (Å²) >= 11 is 0. The van der Waals surface area contributed by atoms with E-state index in [-0.39, 0.29) is 5.54 Å². The smallest absolute Gasteiger partial charge is 0.210 e. The van der Waals surface area contributed by atoms with E-state index in [1.807, 2.05) is 18.1 Å². The normalized spacial score (nSPS) is 24.8. The number of likely N-dealkylation sites (tertiary alicyclic amines) is 2. The molecule has 2 saturated heterocycles. The SMILES string of the molecule is CCN=C(c1cc[nH]c1CNC)N1CCC2(CCCCN2C=O)C1. The summed E-state index contributed by atoms with van der Waals surface area (Å²) in [6.07, 6.45) is 7.53. The topological polar surface area (TPSA) is 63.7 Å². The Labute approximate surface area is 144 Å². The van der Waals surface area contributed by atoms with Crippen LogP contribution in [-0.4, -0.2) is 65.8 Å². The molecule has 0 aromatic carbocycles. The van der Waals surface area contributed by atoms with Crippen LogP contribution in [0.15, 0.2) is 17.3 Å². The standard InChI is InChI=1S/C18H29N5O/c1-3-20-17(15-6-9-21-16(15)12-19-2)22-11-8-18(13-22)7-4-5-10-23(18)14-24/h6,9,14,19,21H,3-5,7-8,10-13H2,1-2H3. The lowest BCUT2D eigenvalue weighted by Crippen LogP contribution is -2.53. The predicted molar refractivity (Wildman–Crippen MR) is 96.2 cm³/mol. The van der Waals surface area contributed by atoms with Crippen molar-refractivity contribution in [2.45, 2.75) is 44.7 Å². The molecule has 24 heavy (non-hydrogen) atoms. The van der Waals surface area contributed by atoms with Gasteiger partial charge in [-0.25, -0.2) is 0 Å². The lowest BCUT2D eigenvalue weighted by Gasteiger charge is -2.42. The van der Waals surface area contributed by atoms with Gasteiger partial charge in [0.2, 0.25) is 6.41 Å². The fourth-order valence-electron chi connectivity index (χ4n) is 4.20. The maximum atomic E-state index is 11.6. The molecular formula is C18H29N5O. The summed E-state index contributed by atoms with van der Waals surface area (Å²) < 4.78 is 0. The summed E-state index contributed by atoms with van der Waals surface area (Å²) in [5, 5.41) is 3.21. The summed E-state index contributed by atoms with van der Waals surface area (Å²) in [6, 6.07) is 2.12. The van der Waals surface area contributed by atoms with Gasteiger partial charge in [0.05, 0.1) is 5.54 Å². The van der Waals surface area contributed by atoms with Crippen LogP contribution in [0.3, 0.4) is 0 Å². The number of aromatic nitrogens is 1. The molecule has 0 bridgehead atoms. The van der Waals surface area contributed by atoms with Gasteiger partial charge in [0, 0.05) is 50.2 Å². The van der Waals surface area contributed by atoms with Crippen LogP contribution < -0.4 is 5.32 Å². The highest BCUT2D eigenvalue weighted by Crippen LogP contribution is 2.36. The average Bonchev–Trinajstić information content (AvgIpc) is 3.22. The molecule has 132 valence electrons. The van der Waals surface area contributed by atoms with E-state index in [9.17, 15) is 4.79 Å². The maximum absolute atomic E-state index is 11.6. The zero-order valence-electron chi connectivity index (χ0n) is 14.8. The molecule has 1 atom stereocenters. The Morgan fingerprint density at radius 3 is 3.04 bits per heavy atom. The van der Waals surface area contributed by atoms with E-state index >= 15 is 0 Å². The Balaban J connectivity index is 1.84. The first-order valence-electron chi connectivity index (χ1n) is 9.07. The lowest BCUT2D eigenvalue weighted by molar-refractivity contribution is -0.125. The maximum Gasteiger partial charge on any atom is 0.210 e. The largest absolute Gasteiger partial charge is 0.363 e. The number of amidine groups is 1. The Bertz CT molecular complexity index is 596. The van der Waals surface area contributed by atoms with E-state index < -0.39 is 0 Å². The number of hydrogen-bond acceptors (Lipinski definition) is 3. The summed E-state index contributed by atoms with van der Waals surface area (Å²) in [4.78, 5) is 24.1. The fraction of sp³-hybridized carbons (Fsp3) is 0.667. The van der Waals surface area contributed by atoms with Crippen LogP contribution in [0.25, 0.3) is 0 Å². The molecule has 3 heterocycles. The van der Waals surface area contributed by atoms with Gasteiger partial charge in [-0.05, 0) is 45.7 Å². The molecule has 2 N–H and O–H groups in total. The number of piperidine rings is 1. The van der Waals surface area contributed by atoms with Gasteiger partial charge in [0.25, 0.3) is 0 Å². The third-order valence-corrected chi connectivity index (χ3v) is 5.39. The van der Waals surface area contributed by atoms with Crippen LogP contribution in [0.1, 0.15) is 43.9 Å². The second kappa shape index (κ2) is 7.38. The number of hydrogen-bond donors (Lipinski definition) is 2. The van der Waals surface area contributed by atoms with Crippen molar-refractivity contribution in [1.82, 2.24) is 20.1 Å². The van der Waals surface area contributed by atoms with Crippen molar-refractivity contribution in [3.05, 3.63) is 23.5 Å². The molecule has 0 radical (unpaired) electrons. The minimum atomic E-state index is 0.00792. The van der Waals surface area contributed by atoms with E-state index in [0.717, 1.165) is 64.2 Å². The predicted octanol–water partition coefficient (Wildman–Crippen LogP) is 1.59. The van der Waals surface area contributed by atoms with Gasteiger partial charge in [-0.3, -0.25) is 9.79 Å². The van der Waals surface area contributed by atoms with Crippen LogP contribution in [-0.2, 0) is 11.3 Å². The number of rotatable bonds is 5. The Hall–Kier alpha value is -1.82. The molecule has 1 aromatic heterocycles. The second-order valence-electron chi connectivity index (χ2n) is 6.85. The monoisotopic (exact) mass is 331 g/mol. The van der Waals surface area contributed by atoms with E-state index in [4.69, 9.17) is 4.99 Å². The van der Waals surface area contributed by atoms with Gasteiger partial charge in [-0.2, -0.15) is 0 Å². The van der Waals surface area contributed by atoms with E-state index in [0.29, 0.717) is 0 Å². The van der Waals surface area contributed by atoms with Crippen LogP contribution in [0.5, 0.6) is 0 Å². The van der Waals surface area contributed by atoms with Crippen LogP contribution >= 0.6 is 0 Å². The molecule has 6 nitrogen and oxygen atoms in total. The Kier molecular flexibility index (Phi) is 5.23. The number of amides is 1. The highest BCUT2D eigenvalue weighted by atomic mass is 16.1. The van der Waals surface area contributed by atoms with Crippen molar-refractivity contribution in [1.29, 1.82) is 0 Å². The van der Waals surface area contributed by atoms with Gasteiger partial charge >= 0.3 is 0 Å². The Morgan fingerprint density at radius 2 is 2.29 bits per heavy atom. The highest BCUT2D eigenvalue weighted by molar-refractivity contribution is 6.00. The number of nitrogens with zero attached hydrogens (tertiary/aromatic N) is 3. The molecule has 1 spiro atoms. The molecule has 1 amide bonds. The van der Waals surface area contributed by atoms with E-state index in [1.54, 1.807) is 0 Å². The van der Waals surface area contributed by atoms with Crippen molar-refractivity contribution >= 4 is 12.2 Å². The molecule has 2 aliphatic rings. The first-order chi connectivity index (χ1) is 11.7. The minimum absolute atomic E-state index is 0.00792. The number of carbonyl (C=O) groups is 1. The molecule has 0 aliphatic carbocycles. The zero-order valence-corrected chi connectivity index (χ0v) is 14.8. The third-order valence-electron chi connectivity index (χ3n) is 5.39. The molecule has 6 heteroatoms.